The van der Waals surface area contributed by atoms with Gasteiger partial charge in [-0.15, -0.1) is 0 Å². The molecule has 2 N–H and O–H groups in total. The van der Waals surface area contributed by atoms with Crippen molar-refractivity contribution in [2.24, 2.45) is 0 Å². The number of fused-ring (bicyclic) bond motifs is 1. The van der Waals surface area contributed by atoms with Gasteiger partial charge in [0.25, 0.3) is 0 Å². The van der Waals surface area contributed by atoms with Crippen LogP contribution in [0.2, 0.25) is 5.02 Å². The molecule has 2 heterocycles. The molecule has 1 aliphatic heterocycles. The number of rotatable bonds is 5. The van der Waals surface area contributed by atoms with Crippen LogP contribution >= 0.6 is 11.6 Å². The summed E-state index contributed by atoms with van der Waals surface area (Å²) < 4.78 is 5.79. The van der Waals surface area contributed by atoms with Gasteiger partial charge in [-0.05, 0) is 62.7 Å². The van der Waals surface area contributed by atoms with Gasteiger partial charge in [-0.1, -0.05) is 30.2 Å². The smallest absolute Gasteiger partial charge is 0.340 e. The van der Waals surface area contributed by atoms with E-state index in [0.29, 0.717) is 16.3 Å². The number of halogens is 1. The van der Waals surface area contributed by atoms with Crippen LogP contribution in [0.3, 0.4) is 0 Å². The van der Waals surface area contributed by atoms with E-state index in [4.69, 9.17) is 16.3 Å². The number of ether oxygens (including phenoxy) is 1. The number of esters is 1. The van der Waals surface area contributed by atoms with Crippen molar-refractivity contribution in [1.82, 2.24) is 10.3 Å². The maximum absolute atomic E-state index is 12.9. The molecular formula is C23H24ClN3O2. The van der Waals surface area contributed by atoms with Gasteiger partial charge in [0, 0.05) is 28.3 Å². The molecule has 0 bridgehead atoms. The number of hydrogen-bond donors (Lipinski definition) is 2. The Morgan fingerprint density at radius 3 is 2.90 bits per heavy atom. The summed E-state index contributed by atoms with van der Waals surface area (Å²) in [5.74, 6) is -0.325. The molecule has 1 aromatic heterocycles. The van der Waals surface area contributed by atoms with Crippen molar-refractivity contribution in [3.8, 4) is 0 Å². The van der Waals surface area contributed by atoms with E-state index < -0.39 is 0 Å². The first-order chi connectivity index (χ1) is 14.1. The molecule has 4 rings (SSSR count). The number of carbonyl (C=O) groups excluding carboxylic acids is 1. The summed E-state index contributed by atoms with van der Waals surface area (Å²) >= 11 is 6.08. The van der Waals surface area contributed by atoms with Crippen LogP contribution < -0.4 is 10.6 Å². The molecule has 2 unspecified atom stereocenters. The summed E-state index contributed by atoms with van der Waals surface area (Å²) in [6.07, 6.45) is 4.91. The summed E-state index contributed by atoms with van der Waals surface area (Å²) in [7, 11) is 0. The van der Waals surface area contributed by atoms with Crippen molar-refractivity contribution in [3.63, 3.8) is 0 Å². The quantitative estimate of drug-likeness (QED) is 0.558. The number of carbonyl (C=O) groups is 1. The minimum Gasteiger partial charge on any atom is -0.457 e. The van der Waals surface area contributed by atoms with Gasteiger partial charge in [0.05, 0.1) is 16.8 Å². The largest absolute Gasteiger partial charge is 0.457 e. The van der Waals surface area contributed by atoms with Crippen LogP contribution in [0.5, 0.6) is 0 Å². The summed E-state index contributed by atoms with van der Waals surface area (Å²) in [4.78, 5) is 17.3. The number of pyridine rings is 1. The number of piperidine rings is 1. The molecule has 1 aliphatic rings. The lowest BCUT2D eigenvalue weighted by atomic mass is 10.0. The van der Waals surface area contributed by atoms with Crippen molar-refractivity contribution in [1.29, 1.82) is 0 Å². The Morgan fingerprint density at radius 1 is 1.21 bits per heavy atom. The van der Waals surface area contributed by atoms with E-state index in [1.54, 1.807) is 12.3 Å². The third-order valence-corrected chi connectivity index (χ3v) is 5.56. The monoisotopic (exact) mass is 409 g/mol. The van der Waals surface area contributed by atoms with Gasteiger partial charge in [0.1, 0.15) is 6.10 Å². The standard InChI is InChI=1S/C23H24ClN3O2/c1-15(19-7-4-5-12-25-19)29-23(28)18-6-2-3-8-20(18)27-21-11-13-26-22-14-16(24)9-10-17(21)22/h2-3,6,8-11,13-15,19,25H,4-5,7,12H2,1H3,(H,26,27). The SMILES string of the molecule is CC(OC(=O)c1ccccc1Nc1ccnc2cc(Cl)ccc12)C1CCCCN1. The molecule has 150 valence electrons. The second-order valence-electron chi connectivity index (χ2n) is 7.36. The van der Waals surface area contributed by atoms with Gasteiger partial charge in [-0.25, -0.2) is 4.79 Å². The van der Waals surface area contributed by atoms with Crippen LogP contribution in [0, 0.1) is 0 Å². The van der Waals surface area contributed by atoms with Crippen LogP contribution in [0.1, 0.15) is 36.5 Å². The van der Waals surface area contributed by atoms with Gasteiger partial charge in [0.2, 0.25) is 0 Å². The van der Waals surface area contributed by atoms with Crippen molar-refractivity contribution in [2.45, 2.75) is 38.3 Å². The topological polar surface area (TPSA) is 63.2 Å². The van der Waals surface area contributed by atoms with E-state index in [-0.39, 0.29) is 18.1 Å². The van der Waals surface area contributed by atoms with E-state index in [2.05, 4.69) is 15.6 Å². The number of aromatic nitrogens is 1. The number of nitrogens with one attached hydrogen (secondary N) is 2. The average molecular weight is 410 g/mol. The second-order valence-corrected chi connectivity index (χ2v) is 7.79. The molecule has 2 aromatic carbocycles. The zero-order valence-corrected chi connectivity index (χ0v) is 17.1. The Balaban J connectivity index is 1.56. The Kier molecular flexibility index (Phi) is 5.97. The molecule has 5 nitrogen and oxygen atoms in total. The lowest BCUT2D eigenvalue weighted by molar-refractivity contribution is 0.0227. The number of para-hydroxylation sites is 1. The second kappa shape index (κ2) is 8.80. The molecule has 3 aromatic rings. The van der Waals surface area contributed by atoms with Gasteiger partial charge < -0.3 is 15.4 Å². The zero-order chi connectivity index (χ0) is 20.2. The Labute approximate surface area is 175 Å². The molecule has 0 amide bonds. The van der Waals surface area contributed by atoms with Gasteiger partial charge in [0.15, 0.2) is 0 Å². The van der Waals surface area contributed by atoms with E-state index in [1.165, 1.54) is 6.42 Å². The fourth-order valence-corrected chi connectivity index (χ4v) is 3.91. The van der Waals surface area contributed by atoms with E-state index in [1.807, 2.05) is 49.4 Å². The molecule has 1 saturated heterocycles. The molecule has 0 saturated carbocycles. The normalized spacial score (nSPS) is 17.7. The molecule has 29 heavy (non-hydrogen) atoms. The minimum atomic E-state index is -0.325. The predicted molar refractivity (Wildman–Crippen MR) is 117 cm³/mol. The maximum Gasteiger partial charge on any atom is 0.340 e. The van der Waals surface area contributed by atoms with Gasteiger partial charge in [-0.2, -0.15) is 0 Å². The summed E-state index contributed by atoms with van der Waals surface area (Å²) in [5, 5.41) is 8.38. The lowest BCUT2D eigenvalue weighted by Crippen LogP contribution is -2.43. The Bertz CT molecular complexity index is 1020. The lowest BCUT2D eigenvalue weighted by Gasteiger charge is -2.28. The molecule has 6 heteroatoms. The van der Waals surface area contributed by atoms with Crippen molar-refractivity contribution in [3.05, 3.63) is 65.3 Å². The van der Waals surface area contributed by atoms with E-state index >= 15 is 0 Å². The molecule has 1 fully saturated rings. The third kappa shape index (κ3) is 4.52. The van der Waals surface area contributed by atoms with Crippen LogP contribution in [-0.2, 0) is 4.74 Å². The number of hydrogen-bond acceptors (Lipinski definition) is 5. The van der Waals surface area contributed by atoms with Crippen LogP contribution in [0.25, 0.3) is 10.9 Å². The third-order valence-electron chi connectivity index (χ3n) is 5.33. The number of anilines is 2. The predicted octanol–water partition coefficient (Wildman–Crippen LogP) is 5.32. The highest BCUT2D eigenvalue weighted by Gasteiger charge is 2.24. The summed E-state index contributed by atoms with van der Waals surface area (Å²) in [6, 6.07) is 15.1. The van der Waals surface area contributed by atoms with E-state index in [0.717, 1.165) is 36.0 Å². The van der Waals surface area contributed by atoms with Crippen LogP contribution in [-0.4, -0.2) is 29.6 Å². The van der Waals surface area contributed by atoms with Crippen molar-refractivity contribution < 1.29 is 9.53 Å². The minimum absolute atomic E-state index is 0.181. The van der Waals surface area contributed by atoms with Crippen molar-refractivity contribution >= 4 is 39.8 Å². The maximum atomic E-state index is 12.9. The highest BCUT2D eigenvalue weighted by molar-refractivity contribution is 6.31. The number of nitrogens with zero attached hydrogens (tertiary/aromatic N) is 1. The van der Waals surface area contributed by atoms with Crippen LogP contribution in [0.15, 0.2) is 54.7 Å². The summed E-state index contributed by atoms with van der Waals surface area (Å²) in [6.45, 7) is 2.93. The first-order valence-corrected chi connectivity index (χ1v) is 10.3. The fraction of sp³-hybridized carbons (Fsp3) is 0.304. The first kappa shape index (κ1) is 19.7. The molecule has 2 atom stereocenters. The zero-order valence-electron chi connectivity index (χ0n) is 16.3. The van der Waals surface area contributed by atoms with Gasteiger partial charge >= 0.3 is 5.97 Å². The average Bonchev–Trinajstić information content (AvgIpc) is 2.74. The fourth-order valence-electron chi connectivity index (χ4n) is 3.74. The summed E-state index contributed by atoms with van der Waals surface area (Å²) in [5.41, 5.74) is 2.85. The molecule has 0 radical (unpaired) electrons. The first-order valence-electron chi connectivity index (χ1n) is 9.96. The van der Waals surface area contributed by atoms with Crippen LogP contribution in [0.4, 0.5) is 11.4 Å². The van der Waals surface area contributed by atoms with E-state index in [9.17, 15) is 4.79 Å². The highest BCUT2D eigenvalue weighted by Crippen LogP contribution is 2.29. The molecule has 0 spiro atoms. The Morgan fingerprint density at radius 2 is 2.07 bits per heavy atom. The highest BCUT2D eigenvalue weighted by atomic mass is 35.5. The molecular weight excluding hydrogens is 386 g/mol. The molecule has 0 aliphatic carbocycles. The van der Waals surface area contributed by atoms with Crippen molar-refractivity contribution in [2.75, 3.05) is 11.9 Å². The Hall–Kier alpha value is -2.63. The number of benzene rings is 2. The van der Waals surface area contributed by atoms with Gasteiger partial charge in [-0.3, -0.25) is 4.98 Å².